The van der Waals surface area contributed by atoms with Crippen molar-refractivity contribution >= 4 is 10.0 Å². The summed E-state index contributed by atoms with van der Waals surface area (Å²) in [5, 5.41) is 18.3. The van der Waals surface area contributed by atoms with Gasteiger partial charge in [-0.2, -0.15) is 5.26 Å². The highest BCUT2D eigenvalue weighted by molar-refractivity contribution is 7.89. The Kier molecular flexibility index (Phi) is 5.28. The summed E-state index contributed by atoms with van der Waals surface area (Å²) in [4.78, 5) is -0.0591. The average Bonchev–Trinajstić information content (AvgIpc) is 2.37. The van der Waals surface area contributed by atoms with Crippen LogP contribution < -0.4 is 4.72 Å². The van der Waals surface area contributed by atoms with Gasteiger partial charge in [0, 0.05) is 6.54 Å². The number of nitrogens with zero attached hydrogens (tertiary/aromatic N) is 1. The van der Waals surface area contributed by atoms with Crippen molar-refractivity contribution in [2.24, 2.45) is 0 Å². The van der Waals surface area contributed by atoms with Gasteiger partial charge < -0.3 is 5.11 Å². The molecule has 0 radical (unpaired) electrons. The fourth-order valence-electron chi connectivity index (χ4n) is 1.51. The predicted molar refractivity (Wildman–Crippen MR) is 67.3 cm³/mol. The molecule has 0 saturated carbocycles. The van der Waals surface area contributed by atoms with Crippen LogP contribution >= 0.6 is 0 Å². The number of sulfonamides is 1. The molecule has 0 bridgehead atoms. The van der Waals surface area contributed by atoms with Crippen molar-refractivity contribution in [3.63, 3.8) is 0 Å². The van der Waals surface area contributed by atoms with Gasteiger partial charge in [0.05, 0.1) is 16.6 Å². The number of nitriles is 1. The molecule has 5 nitrogen and oxygen atoms in total. The number of rotatable bonds is 6. The van der Waals surface area contributed by atoms with Gasteiger partial charge in [-0.15, -0.1) is 0 Å². The third kappa shape index (κ3) is 3.81. The normalized spacial score (nSPS) is 12.9. The molecule has 98 valence electrons. The highest BCUT2D eigenvalue weighted by Gasteiger charge is 2.18. The first kappa shape index (κ1) is 14.6. The second-order valence-corrected chi connectivity index (χ2v) is 5.64. The second-order valence-electron chi connectivity index (χ2n) is 3.90. The molecule has 0 aliphatic rings. The van der Waals surface area contributed by atoms with Crippen molar-refractivity contribution < 1.29 is 13.5 Å². The molecular formula is C12H16N2O3S. The Morgan fingerprint density at radius 2 is 2.11 bits per heavy atom. The van der Waals surface area contributed by atoms with Gasteiger partial charge in [0.15, 0.2) is 0 Å². The van der Waals surface area contributed by atoms with Crippen LogP contribution in [0.3, 0.4) is 0 Å². The van der Waals surface area contributed by atoms with E-state index in [1.165, 1.54) is 12.1 Å². The van der Waals surface area contributed by atoms with Crippen LogP contribution in [0.5, 0.6) is 0 Å². The Morgan fingerprint density at radius 3 is 2.72 bits per heavy atom. The van der Waals surface area contributed by atoms with E-state index in [1.807, 2.05) is 13.0 Å². The lowest BCUT2D eigenvalue weighted by Gasteiger charge is -2.11. The van der Waals surface area contributed by atoms with Crippen LogP contribution in [0.2, 0.25) is 0 Å². The van der Waals surface area contributed by atoms with Gasteiger partial charge in [0.25, 0.3) is 0 Å². The molecule has 0 aliphatic carbocycles. The Morgan fingerprint density at radius 1 is 1.44 bits per heavy atom. The summed E-state index contributed by atoms with van der Waals surface area (Å²) in [6, 6.07) is 7.80. The molecule has 0 saturated heterocycles. The number of nitrogens with one attached hydrogen (secondary N) is 1. The Hall–Kier alpha value is -1.42. The van der Waals surface area contributed by atoms with Crippen molar-refractivity contribution in [3.05, 3.63) is 29.8 Å². The SMILES string of the molecule is CCCC(O)CNS(=O)(=O)c1ccccc1C#N. The fourth-order valence-corrected chi connectivity index (χ4v) is 2.74. The molecule has 0 aliphatic heterocycles. The van der Waals surface area contributed by atoms with Gasteiger partial charge in [-0.3, -0.25) is 0 Å². The van der Waals surface area contributed by atoms with E-state index in [-0.39, 0.29) is 17.0 Å². The zero-order valence-electron chi connectivity index (χ0n) is 10.1. The molecular weight excluding hydrogens is 252 g/mol. The first-order valence-electron chi connectivity index (χ1n) is 5.68. The summed E-state index contributed by atoms with van der Waals surface area (Å²) in [5.41, 5.74) is 0.0926. The minimum atomic E-state index is -3.75. The van der Waals surface area contributed by atoms with Gasteiger partial charge >= 0.3 is 0 Å². The topological polar surface area (TPSA) is 90.2 Å². The van der Waals surface area contributed by atoms with Crippen molar-refractivity contribution in [3.8, 4) is 6.07 Å². The number of benzene rings is 1. The zero-order valence-corrected chi connectivity index (χ0v) is 10.9. The molecule has 18 heavy (non-hydrogen) atoms. The van der Waals surface area contributed by atoms with Crippen LogP contribution in [0.15, 0.2) is 29.2 Å². The minimum Gasteiger partial charge on any atom is -0.392 e. The zero-order chi connectivity index (χ0) is 13.6. The minimum absolute atomic E-state index is 0.0457. The van der Waals surface area contributed by atoms with E-state index in [1.54, 1.807) is 12.1 Å². The van der Waals surface area contributed by atoms with Gasteiger partial charge in [-0.05, 0) is 18.6 Å². The first-order chi connectivity index (χ1) is 8.51. The lowest BCUT2D eigenvalue weighted by atomic mass is 10.2. The van der Waals surface area contributed by atoms with Crippen molar-refractivity contribution in [2.45, 2.75) is 30.8 Å². The van der Waals surface area contributed by atoms with E-state index >= 15 is 0 Å². The number of aliphatic hydroxyl groups excluding tert-OH is 1. The maximum Gasteiger partial charge on any atom is 0.241 e. The molecule has 6 heteroatoms. The van der Waals surface area contributed by atoms with Crippen LogP contribution in [0.25, 0.3) is 0 Å². The highest BCUT2D eigenvalue weighted by Crippen LogP contribution is 2.14. The van der Waals surface area contributed by atoms with Crippen LogP contribution in [-0.4, -0.2) is 26.2 Å². The van der Waals surface area contributed by atoms with Crippen molar-refractivity contribution in [1.29, 1.82) is 5.26 Å². The monoisotopic (exact) mass is 268 g/mol. The number of aliphatic hydroxyl groups is 1. The summed E-state index contributed by atoms with van der Waals surface area (Å²) in [5.74, 6) is 0. The molecule has 0 fully saturated rings. The van der Waals surface area contributed by atoms with E-state index in [0.29, 0.717) is 6.42 Å². The maximum absolute atomic E-state index is 11.9. The molecule has 1 rings (SSSR count). The summed E-state index contributed by atoms with van der Waals surface area (Å²) in [7, 11) is -3.75. The summed E-state index contributed by atoms with van der Waals surface area (Å²) in [6.07, 6.45) is 0.596. The molecule has 0 heterocycles. The largest absolute Gasteiger partial charge is 0.392 e. The summed E-state index contributed by atoms with van der Waals surface area (Å²) >= 11 is 0. The van der Waals surface area contributed by atoms with Gasteiger partial charge in [-0.1, -0.05) is 25.5 Å². The lowest BCUT2D eigenvalue weighted by molar-refractivity contribution is 0.167. The third-order valence-electron chi connectivity index (χ3n) is 2.43. The second kappa shape index (κ2) is 6.50. The lowest BCUT2D eigenvalue weighted by Crippen LogP contribution is -2.32. The molecule has 1 atom stereocenters. The van der Waals surface area contributed by atoms with Crippen molar-refractivity contribution in [2.75, 3.05) is 6.54 Å². The Balaban J connectivity index is 2.84. The van der Waals surface area contributed by atoms with E-state index in [2.05, 4.69) is 4.72 Å². The van der Waals surface area contributed by atoms with Crippen LogP contribution in [0.4, 0.5) is 0 Å². The average molecular weight is 268 g/mol. The van der Waals surface area contributed by atoms with Crippen molar-refractivity contribution in [1.82, 2.24) is 4.72 Å². The molecule has 0 spiro atoms. The van der Waals surface area contributed by atoms with Gasteiger partial charge in [-0.25, -0.2) is 13.1 Å². The van der Waals surface area contributed by atoms with Crippen LogP contribution in [0, 0.1) is 11.3 Å². The quantitative estimate of drug-likeness (QED) is 0.805. The van der Waals surface area contributed by atoms with Gasteiger partial charge in [0.2, 0.25) is 10.0 Å². The molecule has 0 amide bonds. The Bertz CT molecular complexity index is 534. The van der Waals surface area contributed by atoms with E-state index in [4.69, 9.17) is 5.26 Å². The molecule has 1 aromatic carbocycles. The van der Waals surface area contributed by atoms with E-state index in [0.717, 1.165) is 6.42 Å². The van der Waals surface area contributed by atoms with Crippen LogP contribution in [-0.2, 0) is 10.0 Å². The van der Waals surface area contributed by atoms with Crippen LogP contribution in [0.1, 0.15) is 25.3 Å². The standard InChI is InChI=1S/C12H16N2O3S/c1-2-5-11(15)9-14-18(16,17)12-7-4-3-6-10(12)8-13/h3-4,6-7,11,14-15H,2,5,9H2,1H3. The smallest absolute Gasteiger partial charge is 0.241 e. The highest BCUT2D eigenvalue weighted by atomic mass is 32.2. The maximum atomic E-state index is 11.9. The van der Waals surface area contributed by atoms with Gasteiger partial charge in [0.1, 0.15) is 6.07 Å². The molecule has 0 aromatic heterocycles. The Labute approximate surface area is 107 Å². The van der Waals surface area contributed by atoms with E-state index < -0.39 is 16.1 Å². The van der Waals surface area contributed by atoms with E-state index in [9.17, 15) is 13.5 Å². The number of hydrogen-bond acceptors (Lipinski definition) is 4. The molecule has 1 unspecified atom stereocenters. The number of hydrogen-bond donors (Lipinski definition) is 2. The molecule has 1 aromatic rings. The third-order valence-corrected chi connectivity index (χ3v) is 3.91. The molecule has 2 N–H and O–H groups in total. The summed E-state index contributed by atoms with van der Waals surface area (Å²) < 4.78 is 26.2. The first-order valence-corrected chi connectivity index (χ1v) is 7.16. The predicted octanol–water partition coefficient (Wildman–Crippen LogP) is 0.998. The fraction of sp³-hybridized carbons (Fsp3) is 0.417. The summed E-state index contributed by atoms with van der Waals surface area (Å²) in [6.45, 7) is 1.86.